The van der Waals surface area contributed by atoms with Gasteiger partial charge >= 0.3 is 0 Å². The summed E-state index contributed by atoms with van der Waals surface area (Å²) in [5, 5.41) is 15.1. The summed E-state index contributed by atoms with van der Waals surface area (Å²) in [6, 6.07) is 9.83. The van der Waals surface area contributed by atoms with E-state index in [-0.39, 0.29) is 17.9 Å². The number of hydrogen-bond donors (Lipinski definition) is 3. The Labute approximate surface area is 115 Å². The van der Waals surface area contributed by atoms with Crippen molar-refractivity contribution >= 4 is 5.91 Å². The minimum absolute atomic E-state index is 0.0625. The van der Waals surface area contributed by atoms with Crippen LogP contribution >= 0.6 is 0 Å². The molecule has 0 fully saturated rings. The van der Waals surface area contributed by atoms with Crippen molar-refractivity contribution in [3.63, 3.8) is 0 Å². The van der Waals surface area contributed by atoms with Gasteiger partial charge in [-0.15, -0.1) is 0 Å². The van der Waals surface area contributed by atoms with E-state index in [1.807, 2.05) is 37.3 Å². The number of aliphatic hydroxyl groups excluding tert-OH is 1. The van der Waals surface area contributed by atoms with E-state index in [1.54, 1.807) is 6.92 Å². The molecule has 0 aliphatic rings. The van der Waals surface area contributed by atoms with Crippen molar-refractivity contribution in [1.82, 2.24) is 10.6 Å². The summed E-state index contributed by atoms with van der Waals surface area (Å²) >= 11 is 0. The third-order valence-corrected chi connectivity index (χ3v) is 2.97. The van der Waals surface area contributed by atoms with Gasteiger partial charge in [-0.25, -0.2) is 0 Å². The van der Waals surface area contributed by atoms with E-state index in [4.69, 9.17) is 5.11 Å². The third kappa shape index (κ3) is 5.85. The lowest BCUT2D eigenvalue weighted by molar-refractivity contribution is -0.122. The predicted molar refractivity (Wildman–Crippen MR) is 77.0 cm³/mol. The molecule has 0 radical (unpaired) electrons. The van der Waals surface area contributed by atoms with E-state index in [0.717, 1.165) is 12.0 Å². The maximum absolute atomic E-state index is 12.1. The van der Waals surface area contributed by atoms with Crippen LogP contribution in [-0.4, -0.2) is 36.8 Å². The Hall–Kier alpha value is -1.39. The molecule has 0 aliphatic carbocycles. The van der Waals surface area contributed by atoms with Gasteiger partial charge in [-0.1, -0.05) is 37.3 Å². The lowest BCUT2D eigenvalue weighted by Gasteiger charge is -2.15. The topological polar surface area (TPSA) is 61.4 Å². The van der Waals surface area contributed by atoms with Crippen molar-refractivity contribution in [3.05, 3.63) is 35.9 Å². The summed E-state index contributed by atoms with van der Waals surface area (Å²) in [6.45, 7) is 5.54. The summed E-state index contributed by atoms with van der Waals surface area (Å²) in [4.78, 5) is 12.1. The number of amides is 1. The first-order valence-electron chi connectivity index (χ1n) is 6.86. The van der Waals surface area contributed by atoms with Crippen LogP contribution in [0, 0.1) is 0 Å². The smallest absolute Gasteiger partial charge is 0.227 e. The Bertz CT molecular complexity index is 366. The van der Waals surface area contributed by atoms with Crippen molar-refractivity contribution in [2.24, 2.45) is 0 Å². The molecule has 1 amide bonds. The first-order valence-corrected chi connectivity index (χ1v) is 6.86. The van der Waals surface area contributed by atoms with Crippen LogP contribution in [0.5, 0.6) is 0 Å². The van der Waals surface area contributed by atoms with Gasteiger partial charge < -0.3 is 15.7 Å². The maximum Gasteiger partial charge on any atom is 0.227 e. The van der Waals surface area contributed by atoms with E-state index < -0.39 is 0 Å². The monoisotopic (exact) mass is 264 g/mol. The highest BCUT2D eigenvalue weighted by molar-refractivity contribution is 5.83. The maximum atomic E-state index is 12.1. The van der Waals surface area contributed by atoms with Crippen LogP contribution in [0.4, 0.5) is 0 Å². The number of hydrogen-bond acceptors (Lipinski definition) is 3. The van der Waals surface area contributed by atoms with E-state index in [1.165, 1.54) is 0 Å². The molecule has 1 aromatic carbocycles. The van der Waals surface area contributed by atoms with Gasteiger partial charge in [-0.3, -0.25) is 4.79 Å². The Balaban J connectivity index is 2.35. The Morgan fingerprint density at radius 3 is 2.53 bits per heavy atom. The fourth-order valence-corrected chi connectivity index (χ4v) is 1.97. The molecular weight excluding hydrogens is 240 g/mol. The minimum atomic E-state index is -0.358. The Kier molecular flexibility index (Phi) is 7.15. The van der Waals surface area contributed by atoms with Crippen LogP contribution in [0.1, 0.15) is 31.7 Å². The second kappa shape index (κ2) is 8.67. The van der Waals surface area contributed by atoms with Gasteiger partial charge in [0.2, 0.25) is 5.91 Å². The minimum Gasteiger partial charge on any atom is -0.392 e. The summed E-state index contributed by atoms with van der Waals surface area (Å²) < 4.78 is 0. The molecule has 1 rings (SSSR count). The molecular formula is C15H24N2O2. The van der Waals surface area contributed by atoms with Crippen molar-refractivity contribution in [3.8, 4) is 0 Å². The zero-order chi connectivity index (χ0) is 14.1. The normalized spacial score (nSPS) is 13.8. The fourth-order valence-electron chi connectivity index (χ4n) is 1.97. The molecule has 2 atom stereocenters. The van der Waals surface area contributed by atoms with Gasteiger partial charge in [0.15, 0.2) is 0 Å². The van der Waals surface area contributed by atoms with E-state index in [2.05, 4.69) is 10.6 Å². The SMILES string of the molecule is CCC(C(=O)NCCNCC(C)O)c1ccccc1. The lowest BCUT2D eigenvalue weighted by atomic mass is 9.96. The molecule has 0 saturated heterocycles. The first-order chi connectivity index (χ1) is 9.15. The van der Waals surface area contributed by atoms with Crippen molar-refractivity contribution in [2.75, 3.05) is 19.6 Å². The average molecular weight is 264 g/mol. The molecule has 0 aromatic heterocycles. The highest BCUT2D eigenvalue weighted by Crippen LogP contribution is 2.18. The van der Waals surface area contributed by atoms with Crippen LogP contribution in [0.15, 0.2) is 30.3 Å². The third-order valence-electron chi connectivity index (χ3n) is 2.97. The second-order valence-corrected chi connectivity index (χ2v) is 4.72. The second-order valence-electron chi connectivity index (χ2n) is 4.72. The van der Waals surface area contributed by atoms with Gasteiger partial charge in [0.05, 0.1) is 12.0 Å². The molecule has 0 aliphatic heterocycles. The number of carbonyl (C=O) groups excluding carboxylic acids is 1. The first kappa shape index (κ1) is 15.7. The molecule has 4 nitrogen and oxygen atoms in total. The molecule has 19 heavy (non-hydrogen) atoms. The van der Waals surface area contributed by atoms with Crippen LogP contribution < -0.4 is 10.6 Å². The fraction of sp³-hybridized carbons (Fsp3) is 0.533. The molecule has 2 unspecified atom stereocenters. The van der Waals surface area contributed by atoms with Crippen molar-refractivity contribution in [2.45, 2.75) is 32.3 Å². The summed E-state index contributed by atoms with van der Waals surface area (Å²) in [6.07, 6.45) is 0.431. The molecule has 4 heteroatoms. The van der Waals surface area contributed by atoms with Crippen LogP contribution in [0.3, 0.4) is 0 Å². The zero-order valence-corrected chi connectivity index (χ0v) is 11.7. The molecule has 0 heterocycles. The van der Waals surface area contributed by atoms with Gasteiger partial charge in [0.1, 0.15) is 0 Å². The number of carbonyl (C=O) groups is 1. The molecule has 0 bridgehead atoms. The zero-order valence-electron chi connectivity index (χ0n) is 11.7. The van der Waals surface area contributed by atoms with Crippen LogP contribution in [0.25, 0.3) is 0 Å². The highest BCUT2D eigenvalue weighted by atomic mass is 16.3. The van der Waals surface area contributed by atoms with Gasteiger partial charge in [0, 0.05) is 19.6 Å². The Morgan fingerprint density at radius 1 is 1.26 bits per heavy atom. The van der Waals surface area contributed by atoms with Crippen LogP contribution in [-0.2, 0) is 4.79 Å². The van der Waals surface area contributed by atoms with Crippen LogP contribution in [0.2, 0.25) is 0 Å². The molecule has 106 valence electrons. The summed E-state index contributed by atoms with van der Waals surface area (Å²) in [5.74, 6) is -0.0227. The number of benzene rings is 1. The van der Waals surface area contributed by atoms with Gasteiger partial charge in [0.25, 0.3) is 0 Å². The van der Waals surface area contributed by atoms with E-state index >= 15 is 0 Å². The molecule has 1 aromatic rings. The van der Waals surface area contributed by atoms with Gasteiger partial charge in [-0.05, 0) is 18.9 Å². The summed E-state index contributed by atoms with van der Waals surface area (Å²) in [7, 11) is 0. The number of nitrogens with one attached hydrogen (secondary N) is 2. The quantitative estimate of drug-likeness (QED) is 0.620. The standard InChI is InChI=1S/C15H24N2O2/c1-3-14(13-7-5-4-6-8-13)15(19)17-10-9-16-11-12(2)18/h4-8,12,14,16,18H,3,9-11H2,1-2H3,(H,17,19). The van der Waals surface area contributed by atoms with Crippen molar-refractivity contribution < 1.29 is 9.90 Å². The largest absolute Gasteiger partial charge is 0.392 e. The van der Waals surface area contributed by atoms with Gasteiger partial charge in [-0.2, -0.15) is 0 Å². The lowest BCUT2D eigenvalue weighted by Crippen LogP contribution is -2.36. The average Bonchev–Trinajstić information content (AvgIpc) is 2.40. The molecule has 3 N–H and O–H groups in total. The predicted octanol–water partition coefficient (Wildman–Crippen LogP) is 1.27. The van der Waals surface area contributed by atoms with Crippen molar-refractivity contribution in [1.29, 1.82) is 0 Å². The van der Waals surface area contributed by atoms with E-state index in [9.17, 15) is 4.79 Å². The highest BCUT2D eigenvalue weighted by Gasteiger charge is 2.17. The number of aliphatic hydroxyl groups is 1. The number of rotatable bonds is 8. The molecule has 0 spiro atoms. The van der Waals surface area contributed by atoms with E-state index in [0.29, 0.717) is 19.6 Å². The Morgan fingerprint density at radius 2 is 1.95 bits per heavy atom. The summed E-state index contributed by atoms with van der Waals surface area (Å²) in [5.41, 5.74) is 1.06. The molecule has 0 saturated carbocycles.